The first-order chi connectivity index (χ1) is 21.1. The molecular weight excluding hydrogens is 589 g/mol. The molecule has 2 aliphatic carbocycles. The molecular formula is C31H32FN5O6S. The van der Waals surface area contributed by atoms with Crippen molar-refractivity contribution in [3.63, 3.8) is 0 Å². The first-order valence-electron chi connectivity index (χ1n) is 14.1. The fourth-order valence-corrected chi connectivity index (χ4v) is 7.90. The number of carboxylic acids is 1. The van der Waals surface area contributed by atoms with Gasteiger partial charge >= 0.3 is 5.97 Å². The zero-order chi connectivity index (χ0) is 31.2. The monoisotopic (exact) mass is 621 g/mol. The van der Waals surface area contributed by atoms with E-state index in [1.165, 1.54) is 41.4 Å². The van der Waals surface area contributed by atoms with Crippen LogP contribution >= 0.6 is 0 Å². The Kier molecular flexibility index (Phi) is 7.54. The molecule has 1 saturated carbocycles. The van der Waals surface area contributed by atoms with E-state index in [2.05, 4.69) is 10.2 Å². The molecule has 2 aliphatic rings. The number of carboxylic acid groups (broad SMARTS) is 1. The van der Waals surface area contributed by atoms with E-state index in [0.717, 1.165) is 11.3 Å². The van der Waals surface area contributed by atoms with Crippen LogP contribution in [0.25, 0.3) is 11.8 Å². The molecule has 44 heavy (non-hydrogen) atoms. The second-order valence-corrected chi connectivity index (χ2v) is 13.0. The second kappa shape index (κ2) is 11.2. The van der Waals surface area contributed by atoms with Crippen LogP contribution in [0, 0.1) is 11.2 Å². The summed E-state index contributed by atoms with van der Waals surface area (Å²) >= 11 is 0. The summed E-state index contributed by atoms with van der Waals surface area (Å²) in [5.41, 5.74) is 2.08. The molecule has 0 unspecified atom stereocenters. The summed E-state index contributed by atoms with van der Waals surface area (Å²) in [5, 5.41) is 19.3. The van der Waals surface area contributed by atoms with Crippen molar-refractivity contribution in [1.82, 2.24) is 23.9 Å². The van der Waals surface area contributed by atoms with Gasteiger partial charge in [-0.2, -0.15) is 14.5 Å². The summed E-state index contributed by atoms with van der Waals surface area (Å²) in [5.74, 6) is -0.383. The van der Waals surface area contributed by atoms with Crippen LogP contribution in [0.3, 0.4) is 0 Å². The maximum atomic E-state index is 14.2. The number of methoxy groups -OCH3 is 2. The number of benzene rings is 2. The molecule has 13 heteroatoms. The van der Waals surface area contributed by atoms with E-state index >= 15 is 0 Å². The fraction of sp³-hybridized carbons (Fsp3) is 0.323. The lowest BCUT2D eigenvalue weighted by Crippen LogP contribution is -2.50. The molecule has 1 N–H and O–H groups in total. The summed E-state index contributed by atoms with van der Waals surface area (Å²) < 4.78 is 57.2. The number of aliphatic carboxylic acids is 1. The maximum absolute atomic E-state index is 14.2. The van der Waals surface area contributed by atoms with E-state index in [4.69, 9.17) is 9.47 Å². The molecule has 0 radical (unpaired) electrons. The largest absolute Gasteiger partial charge is 0.497 e. The third-order valence-electron chi connectivity index (χ3n) is 8.61. The molecule has 6 rings (SSSR count). The second-order valence-electron chi connectivity index (χ2n) is 11.1. The molecule has 2 heterocycles. The van der Waals surface area contributed by atoms with E-state index in [9.17, 15) is 22.7 Å². The van der Waals surface area contributed by atoms with Gasteiger partial charge in [-0.25, -0.2) is 17.5 Å². The Balaban J connectivity index is 1.40. The Labute approximate surface area is 254 Å². The van der Waals surface area contributed by atoms with Crippen molar-refractivity contribution in [2.75, 3.05) is 14.2 Å². The molecule has 0 saturated heterocycles. The van der Waals surface area contributed by atoms with Crippen molar-refractivity contribution in [3.05, 3.63) is 89.1 Å². The quantitative estimate of drug-likeness (QED) is 0.294. The van der Waals surface area contributed by atoms with Crippen molar-refractivity contribution in [3.8, 4) is 17.2 Å². The minimum atomic E-state index is -4.15. The number of ether oxygens (including phenoxy) is 2. The third kappa shape index (κ3) is 5.05. The number of carbonyl (C=O) groups is 1. The highest BCUT2D eigenvalue weighted by Crippen LogP contribution is 2.50. The lowest BCUT2D eigenvalue weighted by molar-refractivity contribution is -0.148. The Morgan fingerprint density at radius 1 is 1.16 bits per heavy atom. The summed E-state index contributed by atoms with van der Waals surface area (Å²) in [6.07, 6.45) is 5.99. The number of aromatic nitrogens is 4. The molecule has 0 aliphatic heterocycles. The Hall–Kier alpha value is -4.49. The number of sulfonamides is 1. The number of halogens is 1. The van der Waals surface area contributed by atoms with Gasteiger partial charge in [0.15, 0.2) is 5.03 Å². The molecule has 2 aromatic carbocycles. The zero-order valence-electron chi connectivity index (χ0n) is 24.5. The van der Waals surface area contributed by atoms with Crippen LogP contribution in [0.2, 0.25) is 0 Å². The van der Waals surface area contributed by atoms with E-state index in [-0.39, 0.29) is 30.2 Å². The summed E-state index contributed by atoms with van der Waals surface area (Å²) in [4.78, 5) is 13.1. The van der Waals surface area contributed by atoms with Crippen LogP contribution in [0.1, 0.15) is 36.1 Å². The standard InChI is InChI=1S/C31H32FN5O6S/c1-35-13-12-29(34-35)44(40,41)36(19-20-4-11-26(42-2)15-28(20)43-3)25-8-5-22-14-27-21(16-31(22,17-25)30(38)39)18-33-37(27)24-9-6-23(32)7-10-24/h4,6-7,9-15,18,25H,5,8,16-17,19H2,1-3H3,(H,38,39)/t25-,31-/m0/s1. The normalized spacial score (nSPS) is 19.7. The molecule has 230 valence electrons. The van der Waals surface area contributed by atoms with E-state index in [1.54, 1.807) is 54.5 Å². The Bertz CT molecular complexity index is 1870. The van der Waals surface area contributed by atoms with Crippen LogP contribution in [0.4, 0.5) is 4.39 Å². The molecule has 1 fully saturated rings. The van der Waals surface area contributed by atoms with Crippen LogP contribution in [0.15, 0.2) is 71.5 Å². The van der Waals surface area contributed by atoms with Crippen LogP contribution in [-0.2, 0) is 34.8 Å². The van der Waals surface area contributed by atoms with E-state index in [0.29, 0.717) is 41.2 Å². The number of aryl methyl sites for hydroxylation is 1. The highest BCUT2D eigenvalue weighted by Gasteiger charge is 2.51. The van der Waals surface area contributed by atoms with Crippen molar-refractivity contribution in [2.45, 2.75) is 43.3 Å². The van der Waals surface area contributed by atoms with Gasteiger partial charge in [0.25, 0.3) is 10.0 Å². The summed E-state index contributed by atoms with van der Waals surface area (Å²) in [7, 11) is 0.518. The van der Waals surface area contributed by atoms with Gasteiger partial charge in [-0.05, 0) is 73.7 Å². The van der Waals surface area contributed by atoms with Crippen molar-refractivity contribution >= 4 is 22.1 Å². The minimum absolute atomic E-state index is 0.0554. The predicted octanol–water partition coefficient (Wildman–Crippen LogP) is 4.22. The third-order valence-corrected chi connectivity index (χ3v) is 10.4. The van der Waals surface area contributed by atoms with Gasteiger partial charge in [0, 0.05) is 37.5 Å². The highest BCUT2D eigenvalue weighted by atomic mass is 32.2. The molecule has 4 aromatic rings. The van der Waals surface area contributed by atoms with Crippen LogP contribution in [0.5, 0.6) is 11.5 Å². The number of hydrogen-bond acceptors (Lipinski definition) is 7. The van der Waals surface area contributed by atoms with Crippen molar-refractivity contribution in [2.24, 2.45) is 12.5 Å². The van der Waals surface area contributed by atoms with Gasteiger partial charge in [0.05, 0.1) is 37.2 Å². The lowest BCUT2D eigenvalue weighted by atomic mass is 9.63. The van der Waals surface area contributed by atoms with Gasteiger partial charge in [0.1, 0.15) is 17.3 Å². The molecule has 2 aromatic heterocycles. The van der Waals surface area contributed by atoms with Gasteiger partial charge in [-0.15, -0.1) is 0 Å². The van der Waals surface area contributed by atoms with Crippen molar-refractivity contribution < 1.29 is 32.2 Å². The number of nitrogens with zero attached hydrogens (tertiary/aromatic N) is 5. The zero-order valence-corrected chi connectivity index (χ0v) is 25.3. The van der Waals surface area contributed by atoms with Crippen LogP contribution < -0.4 is 9.47 Å². The lowest BCUT2D eigenvalue weighted by Gasteiger charge is -2.45. The first kappa shape index (κ1) is 29.6. The smallest absolute Gasteiger partial charge is 0.314 e. The maximum Gasteiger partial charge on any atom is 0.314 e. The average Bonchev–Trinajstić information content (AvgIpc) is 3.64. The minimum Gasteiger partial charge on any atom is -0.497 e. The molecule has 11 nitrogen and oxygen atoms in total. The van der Waals surface area contributed by atoms with Gasteiger partial charge in [0.2, 0.25) is 0 Å². The van der Waals surface area contributed by atoms with E-state index in [1.807, 2.05) is 6.08 Å². The number of fused-ring (bicyclic) bond motifs is 2. The van der Waals surface area contributed by atoms with Gasteiger partial charge in [-0.3, -0.25) is 9.48 Å². The molecule has 0 spiro atoms. The molecule has 0 bridgehead atoms. The highest BCUT2D eigenvalue weighted by molar-refractivity contribution is 7.89. The summed E-state index contributed by atoms with van der Waals surface area (Å²) in [6, 6.07) is 11.9. The average molecular weight is 622 g/mol. The topological polar surface area (TPSA) is 129 Å². The Morgan fingerprint density at radius 3 is 2.59 bits per heavy atom. The SMILES string of the molecule is COc1ccc(CN([C@H]2CCC3=Cc4c(cnn4-c4ccc(F)cc4)C[C@]3(C(=O)O)C2)S(=O)(=O)c2ccn(C)n2)c(OC)c1. The first-order valence-corrected chi connectivity index (χ1v) is 15.5. The fourth-order valence-electron chi connectivity index (χ4n) is 6.31. The number of hydrogen-bond donors (Lipinski definition) is 1. The van der Waals surface area contributed by atoms with Gasteiger partial charge < -0.3 is 14.6 Å². The van der Waals surface area contributed by atoms with E-state index < -0.39 is 27.4 Å². The van der Waals surface area contributed by atoms with Crippen molar-refractivity contribution in [1.29, 1.82) is 0 Å². The molecule has 0 amide bonds. The Morgan fingerprint density at radius 2 is 1.93 bits per heavy atom. The summed E-state index contributed by atoms with van der Waals surface area (Å²) in [6.45, 7) is -0.0563. The van der Waals surface area contributed by atoms with Gasteiger partial charge in [-0.1, -0.05) is 11.6 Å². The molecule has 2 atom stereocenters. The predicted molar refractivity (Wildman–Crippen MR) is 158 cm³/mol. The number of rotatable bonds is 9. The van der Waals surface area contributed by atoms with Crippen LogP contribution in [-0.4, -0.2) is 63.6 Å².